The highest BCUT2D eigenvalue weighted by Crippen LogP contribution is 2.28. The van der Waals surface area contributed by atoms with Gasteiger partial charge >= 0.3 is 0 Å². The number of nitrogens with zero attached hydrogens (tertiary/aromatic N) is 4. The van der Waals surface area contributed by atoms with Crippen LogP contribution < -0.4 is 9.64 Å². The maximum atomic E-state index is 14.1. The van der Waals surface area contributed by atoms with Crippen LogP contribution in [-0.4, -0.2) is 53.6 Å². The lowest BCUT2D eigenvalue weighted by molar-refractivity contribution is 0.344. The second-order valence-corrected chi connectivity index (χ2v) is 11.3. The van der Waals surface area contributed by atoms with E-state index < -0.39 is 37.2 Å². The number of piperidine rings is 1. The lowest BCUT2D eigenvalue weighted by Crippen LogP contribution is -2.37. The summed E-state index contributed by atoms with van der Waals surface area (Å²) >= 11 is 0. The van der Waals surface area contributed by atoms with Gasteiger partial charge in [0.05, 0.1) is 16.5 Å². The minimum absolute atomic E-state index is 0.0321. The zero-order chi connectivity index (χ0) is 24.5. The number of aliphatic imine (C=N–C) groups is 1. The van der Waals surface area contributed by atoms with Crippen LogP contribution in [0.1, 0.15) is 25.3 Å². The summed E-state index contributed by atoms with van der Waals surface area (Å²) in [6, 6.07) is 1.61. The Morgan fingerprint density at radius 1 is 1.15 bits per heavy atom. The van der Waals surface area contributed by atoms with Crippen LogP contribution >= 0.6 is 0 Å². The van der Waals surface area contributed by atoms with E-state index in [-0.39, 0.29) is 18.3 Å². The first-order valence-corrected chi connectivity index (χ1v) is 13.8. The van der Waals surface area contributed by atoms with Crippen molar-refractivity contribution in [2.24, 2.45) is 10.9 Å². The number of halogens is 2. The Hall–Kier alpha value is -2.73. The molecule has 8 nitrogen and oxygen atoms in total. The van der Waals surface area contributed by atoms with E-state index in [9.17, 15) is 21.4 Å². The predicted molar refractivity (Wildman–Crippen MR) is 125 cm³/mol. The van der Waals surface area contributed by atoms with E-state index in [1.54, 1.807) is 0 Å². The van der Waals surface area contributed by atoms with Gasteiger partial charge in [0.1, 0.15) is 33.9 Å². The van der Waals surface area contributed by atoms with Gasteiger partial charge in [-0.25, -0.2) is 36.4 Å². The molecule has 0 spiro atoms. The third kappa shape index (κ3) is 5.33. The molecular formula is C22H24F2N4O4S2. The number of aromatic nitrogens is 2. The number of sulfone groups is 1. The molecule has 1 aromatic heterocycles. The quantitative estimate of drug-likeness (QED) is 0.564. The second-order valence-electron chi connectivity index (χ2n) is 8.14. The van der Waals surface area contributed by atoms with E-state index >= 15 is 0 Å². The number of aryl methyl sites for hydroxylation is 1. The van der Waals surface area contributed by atoms with Crippen LogP contribution in [0, 0.1) is 17.6 Å². The first-order chi connectivity index (χ1) is 16.2. The molecular weight excluding hydrogens is 486 g/mol. The van der Waals surface area contributed by atoms with Crippen molar-refractivity contribution < 1.29 is 26.1 Å². The molecule has 4 rings (SSSR count). The molecule has 0 N–H and O–H groups in total. The van der Waals surface area contributed by atoms with Crippen molar-refractivity contribution in [1.82, 2.24) is 9.97 Å². The van der Waals surface area contributed by atoms with Crippen LogP contribution in [0.15, 0.2) is 45.5 Å². The van der Waals surface area contributed by atoms with Gasteiger partial charge in [-0.15, -0.1) is 0 Å². The van der Waals surface area contributed by atoms with Crippen LogP contribution in [0.5, 0.6) is 5.75 Å². The van der Waals surface area contributed by atoms with Crippen LogP contribution in [0.4, 0.5) is 14.7 Å². The van der Waals surface area contributed by atoms with E-state index in [2.05, 4.69) is 19.9 Å². The van der Waals surface area contributed by atoms with Gasteiger partial charge < -0.3 is 9.64 Å². The molecule has 1 aromatic carbocycles. The van der Waals surface area contributed by atoms with Gasteiger partial charge in [0.15, 0.2) is 9.84 Å². The van der Waals surface area contributed by atoms with Crippen LogP contribution in [0.3, 0.4) is 0 Å². The third-order valence-electron chi connectivity index (χ3n) is 5.66. The SMILES string of the molecule is CCc1cnc(N2CCC(C3=NC(COc4cc(F)c(S(C)(=O)=O)c(F)c4)=CS3=O)CC2)nc1. The number of anilines is 1. The van der Waals surface area contributed by atoms with Crippen molar-refractivity contribution in [1.29, 1.82) is 0 Å². The summed E-state index contributed by atoms with van der Waals surface area (Å²) in [5.74, 6) is -1.93. The van der Waals surface area contributed by atoms with Crippen molar-refractivity contribution in [3.63, 3.8) is 0 Å². The molecule has 0 saturated carbocycles. The molecule has 34 heavy (non-hydrogen) atoms. The fourth-order valence-corrected chi connectivity index (χ4v) is 5.96. The lowest BCUT2D eigenvalue weighted by atomic mass is 9.98. The van der Waals surface area contributed by atoms with Crippen molar-refractivity contribution in [2.45, 2.75) is 31.1 Å². The molecule has 12 heteroatoms. The summed E-state index contributed by atoms with van der Waals surface area (Å²) in [6.07, 6.45) is 6.75. The number of hydrogen-bond acceptors (Lipinski definition) is 8. The van der Waals surface area contributed by atoms with Crippen LogP contribution in [0.25, 0.3) is 0 Å². The van der Waals surface area contributed by atoms with Gasteiger partial charge in [0.2, 0.25) is 5.95 Å². The fraction of sp³-hybridized carbons (Fsp3) is 0.409. The molecule has 182 valence electrons. The third-order valence-corrected chi connectivity index (χ3v) is 8.11. The Bertz CT molecular complexity index is 1250. The zero-order valence-corrected chi connectivity index (χ0v) is 20.3. The number of hydrogen-bond donors (Lipinski definition) is 0. The molecule has 1 atom stereocenters. The van der Waals surface area contributed by atoms with E-state index in [4.69, 9.17) is 4.74 Å². The summed E-state index contributed by atoms with van der Waals surface area (Å²) in [5.41, 5.74) is 1.47. The smallest absolute Gasteiger partial charge is 0.225 e. The van der Waals surface area contributed by atoms with Crippen molar-refractivity contribution >= 4 is 31.6 Å². The molecule has 1 fully saturated rings. The molecule has 1 unspecified atom stereocenters. The minimum Gasteiger partial charge on any atom is -0.487 e. The standard InChI is InChI=1S/C22H24F2N4O4S2/c1-3-14-10-25-22(26-11-14)28-6-4-15(5-7-28)21-27-16(13-33(21)29)12-32-17-8-18(23)20(19(24)9-17)34(2,30)31/h8-11,13,15H,3-7,12H2,1-2H3. The monoisotopic (exact) mass is 510 g/mol. The van der Waals surface area contributed by atoms with Gasteiger partial charge in [-0.05, 0) is 24.8 Å². The van der Waals surface area contributed by atoms with E-state index in [0.717, 1.165) is 43.2 Å². The summed E-state index contributed by atoms with van der Waals surface area (Å²) in [5, 5.41) is 2.02. The molecule has 0 aliphatic carbocycles. The van der Waals surface area contributed by atoms with Crippen molar-refractivity contribution in [2.75, 3.05) is 30.9 Å². The average molecular weight is 511 g/mol. The average Bonchev–Trinajstić information content (AvgIpc) is 3.17. The Balaban J connectivity index is 1.36. The summed E-state index contributed by atoms with van der Waals surface area (Å²) < 4.78 is 69.1. The Morgan fingerprint density at radius 2 is 1.76 bits per heavy atom. The van der Waals surface area contributed by atoms with Gasteiger partial charge in [-0.1, -0.05) is 6.92 Å². The topological polar surface area (TPSA) is 102 Å². The van der Waals surface area contributed by atoms with Gasteiger partial charge in [0.25, 0.3) is 0 Å². The van der Waals surface area contributed by atoms with Crippen molar-refractivity contribution in [3.8, 4) is 5.75 Å². The first kappa shape index (κ1) is 24.4. The number of benzene rings is 1. The Kier molecular flexibility index (Phi) is 7.08. The largest absolute Gasteiger partial charge is 0.487 e. The molecule has 2 aliphatic rings. The molecule has 0 bridgehead atoms. The van der Waals surface area contributed by atoms with Crippen LogP contribution in [-0.2, 0) is 27.1 Å². The summed E-state index contributed by atoms with van der Waals surface area (Å²) in [4.78, 5) is 14.4. The normalized spacial score (nSPS) is 19.2. The number of rotatable bonds is 7. The Labute approximate surface area is 199 Å². The fourth-order valence-electron chi connectivity index (χ4n) is 3.87. The molecule has 3 heterocycles. The Morgan fingerprint density at radius 3 is 2.32 bits per heavy atom. The molecule has 2 aliphatic heterocycles. The van der Waals surface area contributed by atoms with Crippen molar-refractivity contribution in [3.05, 3.63) is 52.8 Å². The highest BCUT2D eigenvalue weighted by molar-refractivity contribution is 8.03. The van der Waals surface area contributed by atoms with Gasteiger partial charge in [0, 0.05) is 55.2 Å². The predicted octanol–water partition coefficient (Wildman–Crippen LogP) is 3.02. The maximum absolute atomic E-state index is 14.1. The van der Waals surface area contributed by atoms with Gasteiger partial charge in [-0.3, -0.25) is 0 Å². The van der Waals surface area contributed by atoms with E-state index in [0.29, 0.717) is 29.8 Å². The highest BCUT2D eigenvalue weighted by Gasteiger charge is 2.30. The molecule has 0 amide bonds. The number of ether oxygens (including phenoxy) is 1. The second kappa shape index (κ2) is 9.87. The zero-order valence-electron chi connectivity index (χ0n) is 18.7. The lowest BCUT2D eigenvalue weighted by Gasteiger charge is -2.31. The molecule has 1 saturated heterocycles. The van der Waals surface area contributed by atoms with Gasteiger partial charge in [-0.2, -0.15) is 0 Å². The van der Waals surface area contributed by atoms with E-state index in [1.807, 2.05) is 19.3 Å². The summed E-state index contributed by atoms with van der Waals surface area (Å²) in [6.45, 7) is 3.32. The highest BCUT2D eigenvalue weighted by atomic mass is 32.2. The first-order valence-electron chi connectivity index (χ1n) is 10.7. The van der Waals surface area contributed by atoms with E-state index in [1.165, 1.54) is 5.41 Å². The molecule has 0 radical (unpaired) electrons. The summed E-state index contributed by atoms with van der Waals surface area (Å²) in [7, 11) is -5.45. The molecule has 2 aromatic rings. The maximum Gasteiger partial charge on any atom is 0.225 e. The van der Waals surface area contributed by atoms with Crippen LogP contribution in [0.2, 0.25) is 0 Å². The minimum atomic E-state index is -4.05.